The first kappa shape index (κ1) is 15.3. The maximum atomic E-state index is 13.4. The number of sulfonamides is 1. The number of benzene rings is 2. The molecule has 112 valence electrons. The number of nitrogens with zero attached hydrogens (tertiary/aromatic N) is 1. The van der Waals surface area contributed by atoms with Crippen LogP contribution >= 0.6 is 0 Å². The summed E-state index contributed by atoms with van der Waals surface area (Å²) >= 11 is 0. The number of hydrogen-bond acceptors (Lipinski definition) is 2. The molecule has 0 bridgehead atoms. The molecule has 0 amide bonds. The zero-order valence-electron chi connectivity index (χ0n) is 10.7. The predicted molar refractivity (Wildman–Crippen MR) is 69.6 cm³/mol. The van der Waals surface area contributed by atoms with Crippen LogP contribution in [-0.2, 0) is 16.6 Å². The SMILES string of the molecule is [NH3+]Cc1cc(S(=O)(=O)[N-]c2ccc(F)cc2F)ccc1F. The summed E-state index contributed by atoms with van der Waals surface area (Å²) in [5, 5.41) is 0. The zero-order valence-corrected chi connectivity index (χ0v) is 11.5. The van der Waals surface area contributed by atoms with Crippen molar-refractivity contribution in [1.82, 2.24) is 0 Å². The molecule has 0 fully saturated rings. The Balaban J connectivity index is 2.38. The van der Waals surface area contributed by atoms with E-state index in [0.29, 0.717) is 6.07 Å². The van der Waals surface area contributed by atoms with Gasteiger partial charge in [0.2, 0.25) is 0 Å². The third kappa shape index (κ3) is 3.34. The fourth-order valence-corrected chi connectivity index (χ4v) is 2.68. The second kappa shape index (κ2) is 5.74. The monoisotopic (exact) mass is 316 g/mol. The van der Waals surface area contributed by atoms with Gasteiger partial charge in [0.25, 0.3) is 0 Å². The molecule has 0 aromatic heterocycles. The first-order valence-corrected chi connectivity index (χ1v) is 7.28. The Labute approximate surface area is 119 Å². The second-order valence-electron chi connectivity index (χ2n) is 4.17. The lowest BCUT2D eigenvalue weighted by atomic mass is 10.2. The van der Waals surface area contributed by atoms with E-state index in [1.165, 1.54) is 0 Å². The quantitative estimate of drug-likeness (QED) is 0.939. The maximum Gasteiger partial charge on any atom is 0.132 e. The summed E-state index contributed by atoms with van der Waals surface area (Å²) in [7, 11) is -4.23. The van der Waals surface area contributed by atoms with Gasteiger partial charge >= 0.3 is 0 Å². The van der Waals surface area contributed by atoms with Gasteiger partial charge in [-0.15, -0.1) is 0 Å². The molecule has 0 radical (unpaired) electrons. The van der Waals surface area contributed by atoms with Crippen molar-refractivity contribution in [2.75, 3.05) is 0 Å². The lowest BCUT2D eigenvalue weighted by Crippen LogP contribution is -2.47. The minimum absolute atomic E-state index is 0.0557. The van der Waals surface area contributed by atoms with Gasteiger partial charge in [0.05, 0.1) is 4.90 Å². The summed E-state index contributed by atoms with van der Waals surface area (Å²) in [4.78, 5) is -0.286. The van der Waals surface area contributed by atoms with Crippen molar-refractivity contribution in [3.05, 3.63) is 64.1 Å². The number of rotatable bonds is 4. The van der Waals surface area contributed by atoms with E-state index < -0.39 is 33.2 Å². The molecule has 3 N–H and O–H groups in total. The van der Waals surface area contributed by atoms with E-state index in [9.17, 15) is 21.6 Å². The van der Waals surface area contributed by atoms with Crippen molar-refractivity contribution < 1.29 is 27.3 Å². The van der Waals surface area contributed by atoms with Crippen molar-refractivity contribution in [2.45, 2.75) is 11.4 Å². The summed E-state index contributed by atoms with van der Waals surface area (Å²) < 4.78 is 66.9. The van der Waals surface area contributed by atoms with Crippen molar-refractivity contribution >= 4 is 15.7 Å². The van der Waals surface area contributed by atoms with Crippen LogP contribution in [0.3, 0.4) is 0 Å². The molecule has 0 aliphatic rings. The van der Waals surface area contributed by atoms with Gasteiger partial charge in [0, 0.05) is 11.6 Å². The van der Waals surface area contributed by atoms with E-state index in [0.717, 1.165) is 30.3 Å². The Morgan fingerprint density at radius 2 is 1.71 bits per heavy atom. The van der Waals surface area contributed by atoms with Crippen LogP contribution < -0.4 is 5.73 Å². The van der Waals surface area contributed by atoms with Crippen LogP contribution in [0.5, 0.6) is 0 Å². The Bertz CT molecular complexity index is 779. The minimum atomic E-state index is -4.23. The fraction of sp³-hybridized carbons (Fsp3) is 0.0769. The molecule has 0 atom stereocenters. The standard InChI is InChI=1S/C13H10F3N2O2S/c14-9-1-4-13(12(16)6-9)18-21(19,20)10-2-3-11(15)8(5-10)7-17/h1-6H,7,17H2/q-1/p+1. The highest BCUT2D eigenvalue weighted by atomic mass is 32.2. The third-order valence-corrected chi connectivity index (χ3v) is 4.00. The molecule has 2 aromatic rings. The average molecular weight is 316 g/mol. The summed E-state index contributed by atoms with van der Waals surface area (Å²) in [5.41, 5.74) is 3.07. The molecule has 21 heavy (non-hydrogen) atoms. The van der Waals surface area contributed by atoms with Gasteiger partial charge in [-0.1, -0.05) is 11.8 Å². The van der Waals surface area contributed by atoms with Gasteiger partial charge in [0.15, 0.2) is 0 Å². The first-order chi connectivity index (χ1) is 9.83. The molecule has 2 aromatic carbocycles. The molecule has 0 heterocycles. The molecule has 0 saturated carbocycles. The Hall–Kier alpha value is -2.06. The van der Waals surface area contributed by atoms with Gasteiger partial charge in [-0.2, -0.15) is 0 Å². The van der Waals surface area contributed by atoms with Crippen LogP contribution in [0.1, 0.15) is 5.56 Å². The van der Waals surface area contributed by atoms with Crippen molar-refractivity contribution in [3.63, 3.8) is 0 Å². The van der Waals surface area contributed by atoms with E-state index in [1.54, 1.807) is 0 Å². The van der Waals surface area contributed by atoms with Crippen LogP contribution in [0, 0.1) is 17.5 Å². The molecule has 8 heteroatoms. The van der Waals surface area contributed by atoms with Gasteiger partial charge in [-0.3, -0.25) is 0 Å². The summed E-state index contributed by atoms with van der Waals surface area (Å²) in [6, 6.07) is 5.42. The van der Waals surface area contributed by atoms with E-state index >= 15 is 0 Å². The molecule has 2 rings (SSSR count). The van der Waals surface area contributed by atoms with Gasteiger partial charge in [-0.25, -0.2) is 21.6 Å². The predicted octanol–water partition coefficient (Wildman–Crippen LogP) is 2.24. The molecule has 0 aliphatic heterocycles. The Morgan fingerprint density at radius 3 is 2.33 bits per heavy atom. The highest BCUT2D eigenvalue weighted by Gasteiger charge is 2.11. The van der Waals surface area contributed by atoms with Gasteiger partial charge in [0.1, 0.15) is 34.0 Å². The van der Waals surface area contributed by atoms with E-state index in [1.807, 2.05) is 0 Å². The molecule has 0 saturated heterocycles. The molecular weight excluding hydrogens is 305 g/mol. The molecule has 4 nitrogen and oxygen atoms in total. The minimum Gasteiger partial charge on any atom is -0.570 e. The van der Waals surface area contributed by atoms with Crippen molar-refractivity contribution in [2.24, 2.45) is 0 Å². The van der Waals surface area contributed by atoms with Gasteiger partial charge in [-0.05, 0) is 24.3 Å². The van der Waals surface area contributed by atoms with E-state index in [2.05, 4.69) is 10.5 Å². The highest BCUT2D eigenvalue weighted by Crippen LogP contribution is 2.30. The third-order valence-electron chi connectivity index (χ3n) is 2.71. The second-order valence-corrected chi connectivity index (χ2v) is 5.77. The normalized spacial score (nSPS) is 11.4. The number of quaternary nitrogens is 1. The molecular formula is C13H11F3N2O2S. The van der Waals surface area contributed by atoms with E-state index in [-0.39, 0.29) is 17.0 Å². The highest BCUT2D eigenvalue weighted by molar-refractivity contribution is 7.94. The fourth-order valence-electron chi connectivity index (χ4n) is 1.64. The van der Waals surface area contributed by atoms with Crippen LogP contribution in [0.2, 0.25) is 0 Å². The lowest BCUT2D eigenvalue weighted by Gasteiger charge is -2.22. The lowest BCUT2D eigenvalue weighted by molar-refractivity contribution is -0.387. The Morgan fingerprint density at radius 1 is 1.00 bits per heavy atom. The van der Waals surface area contributed by atoms with E-state index in [4.69, 9.17) is 0 Å². The Kier molecular flexibility index (Phi) is 4.19. The molecule has 0 spiro atoms. The zero-order chi connectivity index (χ0) is 15.6. The van der Waals surface area contributed by atoms with Gasteiger partial charge < -0.3 is 10.5 Å². The summed E-state index contributed by atoms with van der Waals surface area (Å²) in [5.74, 6) is -2.53. The largest absolute Gasteiger partial charge is 0.570 e. The average Bonchev–Trinajstić information content (AvgIpc) is 2.42. The summed E-state index contributed by atoms with van der Waals surface area (Å²) in [6.45, 7) is 0.0557. The van der Waals surface area contributed by atoms with Crippen molar-refractivity contribution in [1.29, 1.82) is 0 Å². The topological polar surface area (TPSA) is 75.9 Å². The van der Waals surface area contributed by atoms with Crippen LogP contribution in [-0.4, -0.2) is 8.42 Å². The first-order valence-electron chi connectivity index (χ1n) is 5.84. The molecule has 0 unspecified atom stereocenters. The van der Waals surface area contributed by atoms with Crippen LogP contribution in [0.4, 0.5) is 18.9 Å². The smallest absolute Gasteiger partial charge is 0.132 e. The van der Waals surface area contributed by atoms with Crippen LogP contribution in [0.15, 0.2) is 41.3 Å². The van der Waals surface area contributed by atoms with Crippen LogP contribution in [0.25, 0.3) is 4.72 Å². The van der Waals surface area contributed by atoms with Crippen molar-refractivity contribution in [3.8, 4) is 0 Å². The molecule has 0 aliphatic carbocycles. The maximum absolute atomic E-state index is 13.4. The number of halogens is 3. The number of hydrogen-bond donors (Lipinski definition) is 1. The summed E-state index contributed by atoms with van der Waals surface area (Å²) in [6.07, 6.45) is 0.